The number of amides is 1. The van der Waals surface area contributed by atoms with E-state index >= 15 is 0 Å². The third-order valence-corrected chi connectivity index (χ3v) is 3.13. The number of piperidine rings is 1. The summed E-state index contributed by atoms with van der Waals surface area (Å²) in [5, 5.41) is 12.6. The smallest absolute Gasteiger partial charge is 0.219 e. The average molecular weight is 228 g/mol. The molecule has 1 aliphatic heterocycles. The minimum atomic E-state index is -0.236. The van der Waals surface area contributed by atoms with Crippen molar-refractivity contribution in [1.82, 2.24) is 10.2 Å². The Morgan fingerprint density at radius 2 is 2.31 bits per heavy atom. The number of hydrogen-bond donors (Lipinski definition) is 2. The number of rotatable bonds is 5. The summed E-state index contributed by atoms with van der Waals surface area (Å²) in [4.78, 5) is 13.5. The number of carbonyl (C=O) groups excluding carboxylic acids is 1. The minimum absolute atomic E-state index is 0.128. The lowest BCUT2D eigenvalue weighted by Gasteiger charge is -2.34. The lowest BCUT2D eigenvalue weighted by molar-refractivity contribution is -0.121. The highest BCUT2D eigenvalue weighted by Gasteiger charge is 2.21. The van der Waals surface area contributed by atoms with E-state index in [4.69, 9.17) is 0 Å². The fraction of sp³-hybridized carbons (Fsp3) is 0.917. The summed E-state index contributed by atoms with van der Waals surface area (Å²) in [7, 11) is 0. The predicted octanol–water partition coefficient (Wildman–Crippen LogP) is 0.748. The molecule has 1 aliphatic rings. The van der Waals surface area contributed by atoms with Crippen LogP contribution in [0.4, 0.5) is 0 Å². The number of hydrogen-bond acceptors (Lipinski definition) is 3. The maximum atomic E-state index is 11.3. The first-order chi connectivity index (χ1) is 7.65. The first kappa shape index (κ1) is 13.5. The second-order valence-corrected chi connectivity index (χ2v) is 4.58. The summed E-state index contributed by atoms with van der Waals surface area (Å²) in [6.07, 6.45) is 3.27. The van der Waals surface area contributed by atoms with Crippen LogP contribution >= 0.6 is 0 Å². The van der Waals surface area contributed by atoms with E-state index in [1.807, 2.05) is 13.8 Å². The van der Waals surface area contributed by atoms with Crippen LogP contribution in [0.1, 0.15) is 39.5 Å². The van der Waals surface area contributed by atoms with Crippen molar-refractivity contribution in [2.24, 2.45) is 0 Å². The quantitative estimate of drug-likeness (QED) is 0.730. The molecule has 1 rings (SSSR count). The van der Waals surface area contributed by atoms with Gasteiger partial charge in [-0.2, -0.15) is 0 Å². The van der Waals surface area contributed by atoms with E-state index in [9.17, 15) is 9.90 Å². The number of aliphatic hydroxyl groups is 1. The first-order valence-electron chi connectivity index (χ1n) is 6.35. The molecule has 1 heterocycles. The van der Waals surface area contributed by atoms with E-state index < -0.39 is 0 Å². The third kappa shape index (κ3) is 4.49. The molecule has 4 nitrogen and oxygen atoms in total. The monoisotopic (exact) mass is 228 g/mol. The van der Waals surface area contributed by atoms with Crippen molar-refractivity contribution in [2.75, 3.05) is 19.6 Å². The minimum Gasteiger partial charge on any atom is -0.392 e. The van der Waals surface area contributed by atoms with Gasteiger partial charge in [0.25, 0.3) is 0 Å². The van der Waals surface area contributed by atoms with Crippen LogP contribution < -0.4 is 5.32 Å². The molecule has 0 bridgehead atoms. The first-order valence-corrected chi connectivity index (χ1v) is 6.35. The van der Waals surface area contributed by atoms with Gasteiger partial charge in [-0.05, 0) is 25.8 Å². The van der Waals surface area contributed by atoms with Gasteiger partial charge in [0.05, 0.1) is 6.10 Å². The Hall–Kier alpha value is -0.610. The summed E-state index contributed by atoms with van der Waals surface area (Å²) in [6.45, 7) is 6.51. The Balaban J connectivity index is 2.32. The number of β-amino-alcohol motifs (C(OH)–C–C–N with tert-alkyl or cyclic N) is 1. The number of carbonyl (C=O) groups is 1. The topological polar surface area (TPSA) is 52.6 Å². The fourth-order valence-corrected chi connectivity index (χ4v) is 2.10. The molecule has 1 amide bonds. The van der Waals surface area contributed by atoms with Crippen LogP contribution in [0.2, 0.25) is 0 Å². The largest absolute Gasteiger partial charge is 0.392 e. The maximum absolute atomic E-state index is 11.3. The van der Waals surface area contributed by atoms with Gasteiger partial charge in [-0.15, -0.1) is 0 Å². The van der Waals surface area contributed by atoms with Crippen molar-refractivity contribution in [3.63, 3.8) is 0 Å². The van der Waals surface area contributed by atoms with Crippen molar-refractivity contribution < 1.29 is 9.90 Å². The normalized spacial score (nSPS) is 24.1. The molecule has 0 aromatic heterocycles. The molecular weight excluding hydrogens is 204 g/mol. The highest BCUT2D eigenvalue weighted by atomic mass is 16.3. The molecule has 0 aromatic carbocycles. The Morgan fingerprint density at radius 1 is 1.56 bits per heavy atom. The van der Waals surface area contributed by atoms with E-state index in [1.54, 1.807) is 0 Å². The molecule has 1 saturated heterocycles. The van der Waals surface area contributed by atoms with Gasteiger partial charge in [0.15, 0.2) is 0 Å². The molecule has 2 unspecified atom stereocenters. The van der Waals surface area contributed by atoms with Crippen molar-refractivity contribution in [2.45, 2.75) is 51.7 Å². The Bertz CT molecular complexity index is 221. The molecule has 2 atom stereocenters. The molecule has 0 spiro atoms. The van der Waals surface area contributed by atoms with E-state index in [1.165, 1.54) is 0 Å². The molecule has 0 saturated carbocycles. The summed E-state index contributed by atoms with van der Waals surface area (Å²) < 4.78 is 0. The van der Waals surface area contributed by atoms with Crippen molar-refractivity contribution in [3.05, 3.63) is 0 Å². The molecule has 0 aromatic rings. The molecule has 16 heavy (non-hydrogen) atoms. The lowest BCUT2D eigenvalue weighted by Crippen LogP contribution is -2.49. The molecule has 4 heteroatoms. The molecule has 0 radical (unpaired) electrons. The summed E-state index contributed by atoms with van der Waals surface area (Å²) in [5.41, 5.74) is 0. The van der Waals surface area contributed by atoms with Crippen LogP contribution in [-0.2, 0) is 4.79 Å². The van der Waals surface area contributed by atoms with Crippen LogP contribution in [0.5, 0.6) is 0 Å². The zero-order valence-corrected chi connectivity index (χ0v) is 10.4. The molecule has 2 N–H and O–H groups in total. The summed E-state index contributed by atoms with van der Waals surface area (Å²) in [5.74, 6) is 0.128. The SMILES string of the molecule is CCC(=O)NC1CCCN(CC(O)CC)C1. The second-order valence-electron chi connectivity index (χ2n) is 4.58. The van der Waals surface area contributed by atoms with E-state index in [0.29, 0.717) is 6.42 Å². The van der Waals surface area contributed by atoms with E-state index in [-0.39, 0.29) is 18.1 Å². The van der Waals surface area contributed by atoms with Crippen LogP contribution in [0.3, 0.4) is 0 Å². The average Bonchev–Trinajstić information content (AvgIpc) is 2.29. The summed E-state index contributed by atoms with van der Waals surface area (Å²) in [6, 6.07) is 0.269. The predicted molar refractivity (Wildman–Crippen MR) is 64.2 cm³/mol. The molecule has 94 valence electrons. The van der Waals surface area contributed by atoms with E-state index in [0.717, 1.165) is 38.9 Å². The van der Waals surface area contributed by atoms with Gasteiger partial charge in [-0.1, -0.05) is 13.8 Å². The highest BCUT2D eigenvalue weighted by Crippen LogP contribution is 2.11. The standard InChI is InChI=1S/C12H24N2O2/c1-3-11(15)9-14-7-5-6-10(8-14)13-12(16)4-2/h10-11,15H,3-9H2,1-2H3,(H,13,16). The molecule has 1 fully saturated rings. The van der Waals surface area contributed by atoms with Gasteiger partial charge in [-0.25, -0.2) is 0 Å². The number of likely N-dealkylation sites (tertiary alicyclic amines) is 1. The molecule has 0 aliphatic carbocycles. The molecular formula is C12H24N2O2. The van der Waals surface area contributed by atoms with Crippen molar-refractivity contribution >= 4 is 5.91 Å². The van der Waals surface area contributed by atoms with Gasteiger partial charge >= 0.3 is 0 Å². The van der Waals surface area contributed by atoms with Crippen LogP contribution in [0.15, 0.2) is 0 Å². The summed E-state index contributed by atoms with van der Waals surface area (Å²) >= 11 is 0. The van der Waals surface area contributed by atoms with Crippen LogP contribution in [0, 0.1) is 0 Å². The van der Waals surface area contributed by atoms with Crippen LogP contribution in [-0.4, -0.2) is 47.7 Å². The van der Waals surface area contributed by atoms with Crippen molar-refractivity contribution in [3.8, 4) is 0 Å². The van der Waals surface area contributed by atoms with Gasteiger partial charge in [0.2, 0.25) is 5.91 Å². The van der Waals surface area contributed by atoms with Gasteiger partial charge < -0.3 is 10.4 Å². The van der Waals surface area contributed by atoms with Crippen molar-refractivity contribution in [1.29, 1.82) is 0 Å². The number of nitrogens with one attached hydrogen (secondary N) is 1. The van der Waals surface area contributed by atoms with Gasteiger partial charge in [0, 0.05) is 25.6 Å². The Labute approximate surface area is 98.0 Å². The Morgan fingerprint density at radius 3 is 2.94 bits per heavy atom. The van der Waals surface area contributed by atoms with Crippen LogP contribution in [0.25, 0.3) is 0 Å². The zero-order valence-electron chi connectivity index (χ0n) is 10.4. The number of nitrogens with zero attached hydrogens (tertiary/aromatic N) is 1. The zero-order chi connectivity index (χ0) is 12.0. The van der Waals surface area contributed by atoms with E-state index in [2.05, 4.69) is 10.2 Å². The lowest BCUT2D eigenvalue weighted by atomic mass is 10.0. The third-order valence-electron chi connectivity index (χ3n) is 3.13. The Kier molecular flexibility index (Phi) is 5.77. The number of aliphatic hydroxyl groups excluding tert-OH is 1. The second kappa shape index (κ2) is 6.86. The fourth-order valence-electron chi connectivity index (χ4n) is 2.10. The highest BCUT2D eigenvalue weighted by molar-refractivity contribution is 5.75. The van der Waals surface area contributed by atoms with Gasteiger partial charge in [-0.3, -0.25) is 9.69 Å². The maximum Gasteiger partial charge on any atom is 0.219 e. The van der Waals surface area contributed by atoms with Gasteiger partial charge in [0.1, 0.15) is 0 Å².